The minimum absolute atomic E-state index is 0. The maximum atomic E-state index is 12.6. The van der Waals surface area contributed by atoms with E-state index >= 15 is 0 Å². The zero-order chi connectivity index (χ0) is 11.5. The highest BCUT2D eigenvalue weighted by Crippen LogP contribution is 2.32. The van der Waals surface area contributed by atoms with E-state index in [1.54, 1.807) is 0 Å². The van der Waals surface area contributed by atoms with Crippen LogP contribution in [0.25, 0.3) is 0 Å². The monoisotopic (exact) mass is 259 g/mol. The Balaban J connectivity index is 0.00000144. The van der Waals surface area contributed by atoms with Gasteiger partial charge in [-0.1, -0.05) is 0 Å². The molecule has 17 heavy (non-hydrogen) atoms. The molecule has 1 heterocycles. The first kappa shape index (κ1) is 13.9. The predicted molar refractivity (Wildman–Crippen MR) is 64.5 cm³/mol. The van der Waals surface area contributed by atoms with Crippen molar-refractivity contribution in [3.8, 4) is 0 Å². The van der Waals surface area contributed by atoms with Crippen molar-refractivity contribution in [2.75, 3.05) is 6.54 Å². The number of nitrogens with zero attached hydrogens (tertiary/aromatic N) is 1. The molecule has 3 N–H and O–H groups in total. The molecule has 0 saturated heterocycles. The molecule has 0 spiro atoms. The van der Waals surface area contributed by atoms with Crippen LogP contribution in [-0.2, 0) is 0 Å². The van der Waals surface area contributed by atoms with Crippen LogP contribution in [0.2, 0.25) is 0 Å². The van der Waals surface area contributed by atoms with E-state index in [0.717, 1.165) is 19.0 Å². The molecule has 1 fully saturated rings. The van der Waals surface area contributed by atoms with Gasteiger partial charge in [0.15, 0.2) is 0 Å². The number of amides is 1. The zero-order valence-electron chi connectivity index (χ0n) is 9.23. The first-order valence-electron chi connectivity index (χ1n) is 5.33. The van der Waals surface area contributed by atoms with Gasteiger partial charge in [-0.2, -0.15) is 0 Å². The minimum Gasteiger partial charge on any atom is -0.346 e. The van der Waals surface area contributed by atoms with Crippen molar-refractivity contribution in [2.45, 2.75) is 18.9 Å². The molecule has 0 aromatic carbocycles. The van der Waals surface area contributed by atoms with Gasteiger partial charge in [-0.05, 0) is 30.9 Å². The molecule has 4 nitrogen and oxygen atoms in total. The molecule has 0 bridgehead atoms. The molecule has 1 aliphatic carbocycles. The number of rotatable bonds is 4. The normalized spacial score (nSPS) is 15.9. The topological polar surface area (TPSA) is 68.0 Å². The van der Waals surface area contributed by atoms with Gasteiger partial charge >= 0.3 is 0 Å². The van der Waals surface area contributed by atoms with Crippen molar-refractivity contribution in [1.82, 2.24) is 10.3 Å². The second-order valence-electron chi connectivity index (χ2n) is 4.01. The number of nitrogens with two attached hydrogens (primary N) is 1. The van der Waals surface area contributed by atoms with E-state index in [0.29, 0.717) is 12.5 Å². The Bertz CT molecular complexity index is 381. The van der Waals surface area contributed by atoms with Gasteiger partial charge in [-0.3, -0.25) is 4.79 Å². The summed E-state index contributed by atoms with van der Waals surface area (Å²) in [6.45, 7) is 0.428. The lowest BCUT2D eigenvalue weighted by Crippen LogP contribution is -2.42. The Hall–Kier alpha value is -1.20. The second-order valence-corrected chi connectivity index (χ2v) is 4.01. The van der Waals surface area contributed by atoms with Crippen LogP contribution in [0.1, 0.15) is 23.3 Å². The average molecular weight is 260 g/mol. The van der Waals surface area contributed by atoms with Crippen LogP contribution in [0.4, 0.5) is 4.39 Å². The quantitative estimate of drug-likeness (QED) is 0.851. The zero-order valence-corrected chi connectivity index (χ0v) is 10.0. The predicted octanol–water partition coefficient (Wildman–Crippen LogP) is 1.11. The lowest BCUT2D eigenvalue weighted by atomic mass is 10.2. The molecular weight excluding hydrogens is 245 g/mol. The van der Waals surface area contributed by atoms with E-state index in [-0.39, 0.29) is 30.0 Å². The first-order chi connectivity index (χ1) is 7.70. The Morgan fingerprint density at radius 3 is 2.76 bits per heavy atom. The highest BCUT2D eigenvalue weighted by atomic mass is 35.5. The molecule has 6 heteroatoms. The largest absolute Gasteiger partial charge is 0.346 e. The highest BCUT2D eigenvalue weighted by Gasteiger charge is 2.31. The van der Waals surface area contributed by atoms with E-state index in [2.05, 4.69) is 10.3 Å². The van der Waals surface area contributed by atoms with Gasteiger partial charge in [0, 0.05) is 12.6 Å². The molecule has 2 rings (SSSR count). The second kappa shape index (κ2) is 5.93. The highest BCUT2D eigenvalue weighted by molar-refractivity contribution is 5.92. The van der Waals surface area contributed by atoms with E-state index in [1.807, 2.05) is 0 Å². The van der Waals surface area contributed by atoms with Crippen LogP contribution < -0.4 is 11.1 Å². The van der Waals surface area contributed by atoms with Crippen molar-refractivity contribution in [2.24, 2.45) is 11.7 Å². The molecule has 0 aliphatic heterocycles. The minimum atomic E-state index is -0.450. The lowest BCUT2D eigenvalue weighted by Gasteiger charge is -2.15. The molecule has 0 radical (unpaired) electrons. The fourth-order valence-electron chi connectivity index (χ4n) is 1.62. The third-order valence-electron chi connectivity index (χ3n) is 2.72. The van der Waals surface area contributed by atoms with Gasteiger partial charge in [-0.25, -0.2) is 9.37 Å². The fraction of sp³-hybridized carbons (Fsp3) is 0.455. The van der Waals surface area contributed by atoms with E-state index in [9.17, 15) is 9.18 Å². The van der Waals surface area contributed by atoms with Crippen LogP contribution in [0, 0.1) is 11.7 Å². The van der Waals surface area contributed by atoms with Gasteiger partial charge in [-0.15, -0.1) is 12.4 Å². The fourth-order valence-corrected chi connectivity index (χ4v) is 1.62. The van der Waals surface area contributed by atoms with E-state index in [4.69, 9.17) is 5.73 Å². The third kappa shape index (κ3) is 3.64. The Kier molecular flexibility index (Phi) is 4.84. The number of hydrogen-bond donors (Lipinski definition) is 2. The number of aromatic nitrogens is 1. The summed E-state index contributed by atoms with van der Waals surface area (Å²) in [7, 11) is 0. The smallest absolute Gasteiger partial charge is 0.270 e. The molecular formula is C11H15ClFN3O. The van der Waals surface area contributed by atoms with Crippen LogP contribution in [0.5, 0.6) is 0 Å². The average Bonchev–Trinajstić information content (AvgIpc) is 3.10. The number of hydrogen-bond acceptors (Lipinski definition) is 3. The summed E-state index contributed by atoms with van der Waals surface area (Å²) in [6.07, 6.45) is 3.25. The van der Waals surface area contributed by atoms with E-state index in [1.165, 1.54) is 12.1 Å². The number of carbonyl (C=O) groups excluding carboxylic acids is 1. The molecule has 94 valence electrons. The van der Waals surface area contributed by atoms with Gasteiger partial charge in [0.05, 0.1) is 6.20 Å². The van der Waals surface area contributed by atoms with E-state index < -0.39 is 5.82 Å². The maximum absolute atomic E-state index is 12.6. The standard InChI is InChI=1S/C11H14FN3O.ClH/c12-8-3-4-9(14-6-8)11(16)15-10(5-13)7-1-2-7;/h3-4,6-7,10H,1-2,5,13H2,(H,15,16);1H. The Morgan fingerprint density at radius 1 is 1.59 bits per heavy atom. The molecule has 1 aliphatic rings. The van der Waals surface area contributed by atoms with Crippen LogP contribution in [0.15, 0.2) is 18.3 Å². The number of carbonyl (C=O) groups is 1. The van der Waals surface area contributed by atoms with Crippen LogP contribution in [-0.4, -0.2) is 23.5 Å². The summed E-state index contributed by atoms with van der Waals surface area (Å²) in [6, 6.07) is 2.60. The van der Waals surface area contributed by atoms with Crippen LogP contribution >= 0.6 is 12.4 Å². The molecule has 1 amide bonds. The molecule has 1 atom stereocenters. The number of halogens is 2. The van der Waals surface area contributed by atoms with Crippen molar-refractivity contribution in [1.29, 1.82) is 0 Å². The summed E-state index contributed by atoms with van der Waals surface area (Å²) >= 11 is 0. The van der Waals surface area contributed by atoms with Crippen molar-refractivity contribution in [3.05, 3.63) is 29.8 Å². The van der Waals surface area contributed by atoms with Gasteiger partial charge in [0.25, 0.3) is 5.91 Å². The molecule has 1 saturated carbocycles. The van der Waals surface area contributed by atoms with Crippen molar-refractivity contribution >= 4 is 18.3 Å². The van der Waals surface area contributed by atoms with Crippen molar-refractivity contribution in [3.63, 3.8) is 0 Å². The van der Waals surface area contributed by atoms with Gasteiger partial charge in [0.1, 0.15) is 11.5 Å². The number of nitrogens with one attached hydrogen (secondary N) is 1. The third-order valence-corrected chi connectivity index (χ3v) is 2.72. The summed E-state index contributed by atoms with van der Waals surface area (Å²) in [5, 5.41) is 2.82. The maximum Gasteiger partial charge on any atom is 0.270 e. The summed E-state index contributed by atoms with van der Waals surface area (Å²) in [5.74, 6) is -0.245. The van der Waals surface area contributed by atoms with Gasteiger partial charge in [0.2, 0.25) is 0 Å². The van der Waals surface area contributed by atoms with Crippen LogP contribution in [0.3, 0.4) is 0 Å². The number of pyridine rings is 1. The SMILES string of the molecule is Cl.NCC(NC(=O)c1ccc(F)cn1)C1CC1. The van der Waals surface area contributed by atoms with Crippen molar-refractivity contribution < 1.29 is 9.18 Å². The molecule has 1 aromatic rings. The Labute approximate surface area is 105 Å². The summed E-state index contributed by atoms with van der Waals surface area (Å²) < 4.78 is 12.6. The molecule has 1 unspecified atom stereocenters. The van der Waals surface area contributed by atoms with Gasteiger partial charge < -0.3 is 11.1 Å². The summed E-state index contributed by atoms with van der Waals surface area (Å²) in [5.41, 5.74) is 5.79. The lowest BCUT2D eigenvalue weighted by molar-refractivity contribution is 0.0928. The molecule has 1 aromatic heterocycles. The summed E-state index contributed by atoms with van der Waals surface area (Å²) in [4.78, 5) is 15.4. The first-order valence-corrected chi connectivity index (χ1v) is 5.33. The Morgan fingerprint density at radius 2 is 2.29 bits per heavy atom.